The van der Waals surface area contributed by atoms with Crippen molar-refractivity contribution < 1.29 is 24.8 Å². The van der Waals surface area contributed by atoms with Gasteiger partial charge in [0.15, 0.2) is 11.5 Å². The molecular formula is C29H41NO5. The van der Waals surface area contributed by atoms with E-state index in [0.29, 0.717) is 5.75 Å². The molecule has 5 aliphatic carbocycles. The molecule has 4 saturated carbocycles. The molecule has 6 nitrogen and oxygen atoms in total. The molecule has 1 aromatic rings. The first-order chi connectivity index (χ1) is 16.4. The summed E-state index contributed by atoms with van der Waals surface area (Å²) in [6, 6.07) is 3.60. The third kappa shape index (κ3) is 2.38. The average molecular weight is 484 g/mol. The van der Waals surface area contributed by atoms with Crippen molar-refractivity contribution in [3.63, 3.8) is 0 Å². The second-order valence-electron chi connectivity index (χ2n) is 13.9. The lowest BCUT2D eigenvalue weighted by molar-refractivity contribution is -0.319. The van der Waals surface area contributed by atoms with Crippen molar-refractivity contribution in [3.8, 4) is 11.5 Å². The Morgan fingerprint density at radius 3 is 2.54 bits per heavy atom. The Balaban J connectivity index is 1.50. The molecule has 2 aliphatic heterocycles. The van der Waals surface area contributed by atoms with Crippen molar-refractivity contribution >= 4 is 0 Å². The lowest BCUT2D eigenvalue weighted by Crippen LogP contribution is -2.83. The van der Waals surface area contributed by atoms with Crippen molar-refractivity contribution in [1.29, 1.82) is 0 Å². The van der Waals surface area contributed by atoms with Gasteiger partial charge < -0.3 is 24.8 Å². The Kier molecular flexibility index (Phi) is 4.28. The highest BCUT2D eigenvalue weighted by Gasteiger charge is 2.83. The van der Waals surface area contributed by atoms with Crippen LogP contribution in [0.4, 0.5) is 0 Å². The van der Waals surface area contributed by atoms with E-state index in [0.717, 1.165) is 55.8 Å². The molecule has 0 unspecified atom stereocenters. The number of phenols is 1. The number of benzene rings is 1. The van der Waals surface area contributed by atoms with Crippen molar-refractivity contribution in [2.45, 2.75) is 101 Å². The Labute approximate surface area is 208 Å². The number of methoxy groups -OCH3 is 1. The zero-order chi connectivity index (χ0) is 24.8. The van der Waals surface area contributed by atoms with Gasteiger partial charge in [-0.25, -0.2) is 0 Å². The highest BCUT2D eigenvalue weighted by atomic mass is 16.6. The van der Waals surface area contributed by atoms with Crippen LogP contribution in [0.2, 0.25) is 0 Å². The molecule has 7 aliphatic rings. The topological polar surface area (TPSA) is 82.4 Å². The SMILES string of the molecule is CO[C@]12CC[C@@]3(C[C@@H]1[C@](C)(O)C(C)(C)C)[C@H]1[C@H](O)c4ccc(O)c5c4[C@@]3(CCN1CC1CC1)[C@H]2O5. The minimum atomic E-state index is -1.00. The van der Waals surface area contributed by atoms with E-state index in [1.165, 1.54) is 12.8 Å². The fourth-order valence-corrected chi connectivity index (χ4v) is 9.64. The first kappa shape index (κ1) is 22.8. The van der Waals surface area contributed by atoms with Gasteiger partial charge in [0.25, 0.3) is 0 Å². The quantitative estimate of drug-likeness (QED) is 0.603. The normalized spacial score (nSPS) is 45.1. The molecule has 8 rings (SSSR count). The third-order valence-electron chi connectivity index (χ3n) is 11.9. The van der Waals surface area contributed by atoms with Gasteiger partial charge in [-0.3, -0.25) is 4.90 Å². The van der Waals surface area contributed by atoms with Crippen LogP contribution < -0.4 is 4.74 Å². The van der Waals surface area contributed by atoms with E-state index in [9.17, 15) is 15.3 Å². The van der Waals surface area contributed by atoms with Crippen LogP contribution in [0.5, 0.6) is 11.5 Å². The Bertz CT molecular complexity index is 1090. The van der Waals surface area contributed by atoms with Crippen molar-refractivity contribution in [2.75, 3.05) is 20.2 Å². The van der Waals surface area contributed by atoms with Gasteiger partial charge in [0.05, 0.1) is 11.7 Å². The number of likely N-dealkylation sites (tertiary alicyclic amines) is 1. The first-order valence-corrected chi connectivity index (χ1v) is 13.7. The molecule has 35 heavy (non-hydrogen) atoms. The minimum Gasteiger partial charge on any atom is -0.504 e. The number of hydrogen-bond donors (Lipinski definition) is 3. The molecule has 1 saturated heterocycles. The highest BCUT2D eigenvalue weighted by molar-refractivity contribution is 5.64. The van der Waals surface area contributed by atoms with Gasteiger partial charge >= 0.3 is 0 Å². The van der Waals surface area contributed by atoms with E-state index >= 15 is 0 Å². The Morgan fingerprint density at radius 1 is 1.14 bits per heavy atom. The molecular weight excluding hydrogens is 442 g/mol. The van der Waals surface area contributed by atoms with E-state index < -0.39 is 17.3 Å². The number of hydrogen-bond acceptors (Lipinski definition) is 6. The molecule has 2 heterocycles. The zero-order valence-electron chi connectivity index (χ0n) is 21.8. The van der Waals surface area contributed by atoms with Gasteiger partial charge in [0, 0.05) is 42.0 Å². The third-order valence-corrected chi connectivity index (χ3v) is 11.9. The summed E-state index contributed by atoms with van der Waals surface area (Å²) < 4.78 is 13.4. The highest BCUT2D eigenvalue weighted by Crippen LogP contribution is 2.79. The molecule has 0 amide bonds. The molecule has 6 heteroatoms. The first-order valence-electron chi connectivity index (χ1n) is 13.7. The summed E-state index contributed by atoms with van der Waals surface area (Å²) in [7, 11) is 1.78. The molecule has 8 atom stereocenters. The second-order valence-corrected chi connectivity index (χ2v) is 13.9. The standard InChI is InChI=1S/C29H41NO5/c1-25(2,3)26(4,33)19-14-27-10-11-29(19,34-5)24-28(27)12-13-30(15-16-6-7-16)23(27)21(32)17-8-9-18(31)22(35-24)20(17)28/h8-9,16,19,21,23-24,31-33H,6-7,10-15H2,1-5H3/t19-,21-,23-,24-,26+,27-,28+,29-/m1/s1. The van der Waals surface area contributed by atoms with Gasteiger partial charge in [-0.1, -0.05) is 26.8 Å². The fraction of sp³-hybridized carbons (Fsp3) is 0.793. The van der Waals surface area contributed by atoms with Gasteiger partial charge in [-0.05, 0) is 75.0 Å². The summed E-state index contributed by atoms with van der Waals surface area (Å²) in [5.74, 6) is 1.28. The number of rotatable bonds is 4. The summed E-state index contributed by atoms with van der Waals surface area (Å²) >= 11 is 0. The molecule has 2 spiro atoms. The van der Waals surface area contributed by atoms with Crippen LogP contribution in [0, 0.1) is 22.7 Å². The molecule has 0 aromatic heterocycles. The number of phenolic OH excluding ortho intramolecular Hbond substituents is 1. The number of fused-ring (bicyclic) bond motifs is 2. The van der Waals surface area contributed by atoms with Crippen LogP contribution in [0.3, 0.4) is 0 Å². The molecule has 5 fully saturated rings. The summed E-state index contributed by atoms with van der Waals surface area (Å²) in [4.78, 5) is 2.59. The zero-order valence-corrected chi connectivity index (χ0v) is 21.8. The van der Waals surface area contributed by atoms with Crippen molar-refractivity contribution in [3.05, 3.63) is 23.3 Å². The van der Waals surface area contributed by atoms with Crippen LogP contribution in [0.25, 0.3) is 0 Å². The molecule has 0 radical (unpaired) electrons. The lowest BCUT2D eigenvalue weighted by atomic mass is 9.33. The number of nitrogens with zero attached hydrogens (tertiary/aromatic N) is 1. The number of piperidine rings is 1. The van der Waals surface area contributed by atoms with Gasteiger partial charge in [-0.15, -0.1) is 0 Å². The van der Waals surface area contributed by atoms with Gasteiger partial charge in [-0.2, -0.15) is 0 Å². The predicted molar refractivity (Wildman–Crippen MR) is 131 cm³/mol. The van der Waals surface area contributed by atoms with Crippen LogP contribution in [0.15, 0.2) is 12.1 Å². The van der Waals surface area contributed by atoms with E-state index in [1.807, 2.05) is 13.0 Å². The summed E-state index contributed by atoms with van der Waals surface area (Å²) in [6.07, 6.45) is 5.10. The molecule has 4 bridgehead atoms. The number of aliphatic hydroxyl groups excluding tert-OH is 1. The Morgan fingerprint density at radius 2 is 1.89 bits per heavy atom. The maximum absolute atomic E-state index is 12.2. The predicted octanol–water partition coefficient (Wildman–Crippen LogP) is 3.90. The average Bonchev–Trinajstić information content (AvgIpc) is 3.54. The number of aromatic hydroxyl groups is 1. The van der Waals surface area contributed by atoms with Crippen molar-refractivity contribution in [2.24, 2.45) is 22.7 Å². The van der Waals surface area contributed by atoms with E-state index in [4.69, 9.17) is 9.47 Å². The minimum absolute atomic E-state index is 0.0145. The lowest BCUT2D eigenvalue weighted by Gasteiger charge is -2.76. The fourth-order valence-electron chi connectivity index (χ4n) is 9.64. The summed E-state index contributed by atoms with van der Waals surface area (Å²) in [5.41, 5.74) is -0.623. The van der Waals surface area contributed by atoms with Gasteiger partial charge in [0.2, 0.25) is 0 Å². The largest absolute Gasteiger partial charge is 0.504 e. The van der Waals surface area contributed by atoms with E-state index in [2.05, 4.69) is 25.7 Å². The number of ether oxygens (including phenoxy) is 2. The van der Waals surface area contributed by atoms with Crippen molar-refractivity contribution in [1.82, 2.24) is 4.90 Å². The molecule has 192 valence electrons. The Hall–Kier alpha value is -1.34. The smallest absolute Gasteiger partial charge is 0.165 e. The summed E-state index contributed by atoms with van der Waals surface area (Å²) in [5, 5.41) is 35.2. The molecule has 3 N–H and O–H groups in total. The van der Waals surface area contributed by atoms with Crippen LogP contribution >= 0.6 is 0 Å². The van der Waals surface area contributed by atoms with Gasteiger partial charge in [0.1, 0.15) is 11.7 Å². The monoisotopic (exact) mass is 483 g/mol. The van der Waals surface area contributed by atoms with Crippen LogP contribution in [0.1, 0.15) is 83.5 Å². The van der Waals surface area contributed by atoms with Crippen LogP contribution in [-0.2, 0) is 10.2 Å². The van der Waals surface area contributed by atoms with E-state index in [1.54, 1.807) is 13.2 Å². The van der Waals surface area contributed by atoms with E-state index in [-0.39, 0.29) is 40.1 Å². The second kappa shape index (κ2) is 6.56. The number of aliphatic hydroxyl groups is 2. The molecule has 1 aromatic carbocycles. The maximum atomic E-state index is 12.2. The van der Waals surface area contributed by atoms with Crippen LogP contribution in [-0.4, -0.2) is 63.8 Å². The summed E-state index contributed by atoms with van der Waals surface area (Å²) in [6.45, 7) is 10.3. The maximum Gasteiger partial charge on any atom is 0.165 e.